The number of piperidine rings is 1. The molecular weight excluding hydrogens is 363 g/mol. The van der Waals surface area contributed by atoms with Gasteiger partial charge in [0.15, 0.2) is 11.4 Å². The largest absolute Gasteiger partial charge is 0.476 e. The van der Waals surface area contributed by atoms with Crippen molar-refractivity contribution in [3.8, 4) is 0 Å². The number of rotatable bonds is 4. The highest BCUT2D eigenvalue weighted by Gasteiger charge is 2.35. The summed E-state index contributed by atoms with van der Waals surface area (Å²) in [6.45, 7) is 1.93. The van der Waals surface area contributed by atoms with Gasteiger partial charge in [0.25, 0.3) is 0 Å². The second-order valence-electron chi connectivity index (χ2n) is 5.57. The molecule has 1 N–H and O–H groups in total. The van der Waals surface area contributed by atoms with Crippen LogP contribution < -0.4 is 0 Å². The molecule has 1 atom stereocenters. The van der Waals surface area contributed by atoms with Gasteiger partial charge in [-0.05, 0) is 19.4 Å². The molecule has 130 valence electrons. The minimum atomic E-state index is -4.41. The van der Waals surface area contributed by atoms with E-state index in [1.165, 1.54) is 16.7 Å². The zero-order chi connectivity index (χ0) is 17.3. The van der Waals surface area contributed by atoms with Gasteiger partial charge in [-0.2, -0.15) is 13.2 Å². The van der Waals surface area contributed by atoms with Gasteiger partial charge in [0.2, 0.25) is 0 Å². The van der Waals surface area contributed by atoms with Crippen molar-refractivity contribution >= 4 is 28.6 Å². The highest BCUT2D eigenvalue weighted by molar-refractivity contribution is 7.10. The Morgan fingerprint density at radius 2 is 2.12 bits per heavy atom. The molecule has 10 heteroatoms. The van der Waals surface area contributed by atoms with Crippen LogP contribution in [0.25, 0.3) is 0 Å². The molecule has 1 aliphatic rings. The van der Waals surface area contributed by atoms with Crippen LogP contribution in [-0.4, -0.2) is 39.0 Å². The monoisotopic (exact) mass is 377 g/mol. The highest BCUT2D eigenvalue weighted by atomic mass is 32.1. The molecule has 0 spiro atoms. The van der Waals surface area contributed by atoms with E-state index >= 15 is 0 Å². The third kappa shape index (κ3) is 3.93. The summed E-state index contributed by atoms with van der Waals surface area (Å²) in [4.78, 5) is 20.8. The first-order valence-electron chi connectivity index (χ1n) is 7.25. The van der Waals surface area contributed by atoms with E-state index in [1.54, 1.807) is 0 Å². The van der Waals surface area contributed by atoms with Crippen molar-refractivity contribution in [2.75, 3.05) is 13.1 Å². The van der Waals surface area contributed by atoms with Gasteiger partial charge in [0.1, 0.15) is 5.01 Å². The van der Waals surface area contributed by atoms with E-state index in [-0.39, 0.29) is 11.6 Å². The van der Waals surface area contributed by atoms with E-state index in [2.05, 4.69) is 14.9 Å². The third-order valence-electron chi connectivity index (χ3n) is 3.80. The minimum absolute atomic E-state index is 0.0262. The normalized spacial score (nSPS) is 19.5. The fraction of sp³-hybridized carbons (Fsp3) is 0.500. The van der Waals surface area contributed by atoms with Gasteiger partial charge in [-0.25, -0.2) is 14.8 Å². The molecular formula is C14H14F3N3O2S2. The lowest BCUT2D eigenvalue weighted by molar-refractivity contribution is -0.140. The predicted octanol–water partition coefficient (Wildman–Crippen LogP) is 3.70. The Kier molecular flexibility index (Phi) is 4.88. The van der Waals surface area contributed by atoms with Crippen LogP contribution in [0, 0.1) is 0 Å². The first kappa shape index (κ1) is 17.3. The van der Waals surface area contributed by atoms with Gasteiger partial charge in [-0.1, -0.05) is 0 Å². The van der Waals surface area contributed by atoms with E-state index in [0.29, 0.717) is 23.1 Å². The molecule has 3 rings (SSSR count). The van der Waals surface area contributed by atoms with Crippen LogP contribution in [0.5, 0.6) is 0 Å². The van der Waals surface area contributed by atoms with Crippen LogP contribution >= 0.6 is 22.7 Å². The maximum absolute atomic E-state index is 12.7. The maximum Gasteiger partial charge on any atom is 0.434 e. The van der Waals surface area contributed by atoms with Gasteiger partial charge in [-0.15, -0.1) is 22.7 Å². The summed E-state index contributed by atoms with van der Waals surface area (Å²) in [5.74, 6) is -1.09. The molecule has 0 saturated carbocycles. The van der Waals surface area contributed by atoms with Crippen molar-refractivity contribution in [2.24, 2.45) is 0 Å². The number of thiazole rings is 2. The number of likely N-dealkylation sites (tertiary alicyclic amines) is 1. The highest BCUT2D eigenvalue weighted by Crippen LogP contribution is 2.35. The third-order valence-corrected chi connectivity index (χ3v) is 5.64. The second kappa shape index (κ2) is 6.77. The Morgan fingerprint density at radius 1 is 1.33 bits per heavy atom. The molecule has 5 nitrogen and oxygen atoms in total. The lowest BCUT2D eigenvalue weighted by atomic mass is 9.99. The molecule has 0 aliphatic carbocycles. The molecule has 2 aromatic heterocycles. The Hall–Kier alpha value is -1.52. The number of carboxylic acids is 1. The van der Waals surface area contributed by atoms with Crippen LogP contribution in [0.1, 0.15) is 45.0 Å². The Bertz CT molecular complexity index is 729. The van der Waals surface area contributed by atoms with E-state index < -0.39 is 17.8 Å². The number of aromatic carboxylic acids is 1. The lowest BCUT2D eigenvalue weighted by Gasteiger charge is -2.31. The summed E-state index contributed by atoms with van der Waals surface area (Å²) < 4.78 is 38.0. The van der Waals surface area contributed by atoms with Crippen LogP contribution in [-0.2, 0) is 12.7 Å². The molecule has 0 bridgehead atoms. The fourth-order valence-electron chi connectivity index (χ4n) is 2.68. The smallest absolute Gasteiger partial charge is 0.434 e. The quantitative estimate of drug-likeness (QED) is 0.880. The van der Waals surface area contributed by atoms with Crippen molar-refractivity contribution < 1.29 is 23.1 Å². The molecule has 3 heterocycles. The number of aromatic nitrogens is 2. The van der Waals surface area contributed by atoms with Crippen LogP contribution in [0.4, 0.5) is 13.2 Å². The van der Waals surface area contributed by atoms with E-state index in [9.17, 15) is 18.0 Å². The summed E-state index contributed by atoms with van der Waals surface area (Å²) in [5, 5.41) is 12.7. The van der Waals surface area contributed by atoms with E-state index in [1.807, 2.05) is 0 Å². The Labute approximate surface area is 143 Å². The summed E-state index contributed by atoms with van der Waals surface area (Å²) in [7, 11) is 0. The average Bonchev–Trinajstić information content (AvgIpc) is 3.16. The number of hydrogen-bond donors (Lipinski definition) is 1. The van der Waals surface area contributed by atoms with E-state index in [4.69, 9.17) is 5.11 Å². The fourth-order valence-corrected chi connectivity index (χ4v) is 4.44. The standard InChI is InChI=1S/C14H14F3N3O2S2/c15-14(16,17)10-7-24-12(19-10)8-2-1-3-20(4-8)5-11-18-9(6-23-11)13(21)22/h6-8H,1-5H2,(H,21,22). The number of nitrogens with zero attached hydrogens (tertiary/aromatic N) is 3. The van der Waals surface area contributed by atoms with Crippen molar-refractivity contribution in [3.05, 3.63) is 32.2 Å². The predicted molar refractivity (Wildman–Crippen MR) is 83.4 cm³/mol. The van der Waals surface area contributed by atoms with Crippen LogP contribution in [0.15, 0.2) is 10.8 Å². The summed E-state index contributed by atoms with van der Waals surface area (Å²) in [6.07, 6.45) is -2.74. The van der Waals surface area contributed by atoms with E-state index in [0.717, 1.165) is 36.1 Å². The van der Waals surface area contributed by atoms with Crippen LogP contribution in [0.3, 0.4) is 0 Å². The minimum Gasteiger partial charge on any atom is -0.476 e. The molecule has 1 saturated heterocycles. The van der Waals surface area contributed by atoms with Gasteiger partial charge in [0.05, 0.1) is 11.6 Å². The first-order chi connectivity index (χ1) is 11.3. The topological polar surface area (TPSA) is 66.3 Å². The average molecular weight is 377 g/mol. The summed E-state index contributed by atoms with van der Waals surface area (Å²) in [6, 6.07) is 0. The van der Waals surface area contributed by atoms with Gasteiger partial charge >= 0.3 is 12.1 Å². The van der Waals surface area contributed by atoms with Crippen molar-refractivity contribution in [1.82, 2.24) is 14.9 Å². The van der Waals surface area contributed by atoms with Crippen LogP contribution in [0.2, 0.25) is 0 Å². The summed E-state index contributed by atoms with van der Waals surface area (Å²) in [5.41, 5.74) is -0.802. The maximum atomic E-state index is 12.7. The number of alkyl halides is 3. The number of halogens is 3. The zero-order valence-corrected chi connectivity index (χ0v) is 14.0. The Balaban J connectivity index is 1.65. The second-order valence-corrected chi connectivity index (χ2v) is 7.41. The van der Waals surface area contributed by atoms with Gasteiger partial charge < -0.3 is 5.11 Å². The molecule has 24 heavy (non-hydrogen) atoms. The lowest BCUT2D eigenvalue weighted by Crippen LogP contribution is -2.33. The SMILES string of the molecule is O=C(O)c1csc(CN2CCCC(c3nc(C(F)(F)F)cs3)C2)n1. The zero-order valence-electron chi connectivity index (χ0n) is 12.4. The number of carboxylic acid groups (broad SMARTS) is 1. The number of carbonyl (C=O) groups is 1. The summed E-state index contributed by atoms with van der Waals surface area (Å²) >= 11 is 2.33. The molecule has 1 unspecified atom stereocenters. The van der Waals surface area contributed by atoms with Gasteiger partial charge in [-0.3, -0.25) is 4.90 Å². The molecule has 0 aromatic carbocycles. The first-order valence-corrected chi connectivity index (χ1v) is 9.01. The molecule has 1 aliphatic heterocycles. The molecule has 0 amide bonds. The van der Waals surface area contributed by atoms with Crippen molar-refractivity contribution in [1.29, 1.82) is 0 Å². The Morgan fingerprint density at radius 3 is 2.75 bits per heavy atom. The number of hydrogen-bond acceptors (Lipinski definition) is 6. The van der Waals surface area contributed by atoms with Gasteiger partial charge in [0, 0.05) is 23.2 Å². The molecule has 0 radical (unpaired) electrons. The molecule has 1 fully saturated rings. The molecule has 2 aromatic rings. The van der Waals surface area contributed by atoms with Crippen molar-refractivity contribution in [3.63, 3.8) is 0 Å². The van der Waals surface area contributed by atoms with Crippen molar-refractivity contribution in [2.45, 2.75) is 31.5 Å².